The SMILES string of the molecule is C=C.C=O.CC.CNc1ccn(C)n1.Cc1ccccc1. The molecular weight excluding hydrogens is 262 g/mol. The lowest BCUT2D eigenvalue weighted by molar-refractivity contribution is -0.0979. The van der Waals surface area contributed by atoms with Gasteiger partial charge in [0.25, 0.3) is 0 Å². The van der Waals surface area contributed by atoms with Crippen LogP contribution in [0.3, 0.4) is 0 Å². The molecular formula is C17H29N3O. The molecule has 2 aromatic rings. The molecule has 0 amide bonds. The Hall–Kier alpha value is -2.36. The minimum atomic E-state index is 0.910. The fourth-order valence-electron chi connectivity index (χ4n) is 1.08. The number of hydrogen-bond acceptors (Lipinski definition) is 3. The Morgan fingerprint density at radius 1 is 1.05 bits per heavy atom. The maximum atomic E-state index is 8.00. The molecule has 0 aliphatic rings. The third-order valence-corrected chi connectivity index (χ3v) is 1.91. The zero-order chi connectivity index (χ0) is 17.1. The van der Waals surface area contributed by atoms with E-state index in [2.05, 4.69) is 42.6 Å². The number of carbonyl (C=O) groups is 1. The van der Waals surface area contributed by atoms with Gasteiger partial charge in [-0.2, -0.15) is 5.10 Å². The van der Waals surface area contributed by atoms with Gasteiger partial charge in [0, 0.05) is 26.4 Å². The van der Waals surface area contributed by atoms with Crippen molar-refractivity contribution in [2.45, 2.75) is 20.8 Å². The molecule has 0 aliphatic heterocycles. The van der Waals surface area contributed by atoms with Gasteiger partial charge < -0.3 is 10.1 Å². The monoisotopic (exact) mass is 291 g/mol. The molecule has 2 rings (SSSR count). The zero-order valence-corrected chi connectivity index (χ0v) is 14.0. The van der Waals surface area contributed by atoms with Crippen LogP contribution in [0.5, 0.6) is 0 Å². The molecule has 0 atom stereocenters. The smallest absolute Gasteiger partial charge is 0.147 e. The fraction of sp³-hybridized carbons (Fsp3) is 0.294. The van der Waals surface area contributed by atoms with E-state index >= 15 is 0 Å². The molecule has 1 heterocycles. The predicted molar refractivity (Wildman–Crippen MR) is 93.7 cm³/mol. The molecule has 4 heteroatoms. The first-order valence-electron chi connectivity index (χ1n) is 6.70. The standard InChI is InChI=1S/C7H8.C5H9N3.C2H6.C2H4.CH2O/c1-7-5-3-2-4-6-7;1-6-5-3-4-8(2)7-5;3*1-2/h2-6H,1H3;3-4H,1-2H3,(H,6,7);1-2H3;1-2H2;1H2. The number of hydrogen-bond donors (Lipinski definition) is 1. The number of anilines is 1. The Kier molecular flexibility index (Phi) is 22.5. The number of aromatic nitrogens is 2. The molecule has 0 fully saturated rings. The molecule has 118 valence electrons. The number of nitrogens with one attached hydrogen (secondary N) is 1. The highest BCUT2D eigenvalue weighted by Gasteiger charge is 1.87. The highest BCUT2D eigenvalue weighted by Crippen LogP contribution is 1.96. The van der Waals surface area contributed by atoms with Crippen molar-refractivity contribution in [1.29, 1.82) is 0 Å². The Labute approximate surface area is 129 Å². The molecule has 0 bridgehead atoms. The first-order valence-corrected chi connectivity index (χ1v) is 6.70. The van der Waals surface area contributed by atoms with Crippen molar-refractivity contribution in [3.8, 4) is 0 Å². The van der Waals surface area contributed by atoms with Crippen molar-refractivity contribution in [3.63, 3.8) is 0 Å². The quantitative estimate of drug-likeness (QED) is 0.805. The molecule has 21 heavy (non-hydrogen) atoms. The third-order valence-electron chi connectivity index (χ3n) is 1.91. The summed E-state index contributed by atoms with van der Waals surface area (Å²) in [6, 6.07) is 12.2. The lowest BCUT2D eigenvalue weighted by Gasteiger charge is -1.87. The van der Waals surface area contributed by atoms with E-state index in [0.717, 1.165) is 5.82 Å². The largest absolute Gasteiger partial charge is 0.372 e. The van der Waals surface area contributed by atoms with Crippen molar-refractivity contribution in [2.24, 2.45) is 7.05 Å². The number of carbonyl (C=O) groups excluding carboxylic acids is 1. The van der Waals surface area contributed by atoms with Gasteiger partial charge in [0.05, 0.1) is 0 Å². The second-order valence-electron chi connectivity index (χ2n) is 3.28. The first-order chi connectivity index (χ1) is 10.2. The van der Waals surface area contributed by atoms with Gasteiger partial charge in [-0.3, -0.25) is 4.68 Å². The van der Waals surface area contributed by atoms with Crippen LogP contribution in [0.1, 0.15) is 19.4 Å². The predicted octanol–water partition coefficient (Wildman–Crippen LogP) is 4.10. The van der Waals surface area contributed by atoms with Crippen LogP contribution in [-0.4, -0.2) is 23.6 Å². The molecule has 1 N–H and O–H groups in total. The first kappa shape index (κ1) is 23.7. The third kappa shape index (κ3) is 15.6. The topological polar surface area (TPSA) is 46.9 Å². The summed E-state index contributed by atoms with van der Waals surface area (Å²) in [5, 5.41) is 6.95. The lowest BCUT2D eigenvalue weighted by Crippen LogP contribution is -1.91. The van der Waals surface area contributed by atoms with Gasteiger partial charge in [-0.05, 0) is 6.92 Å². The van der Waals surface area contributed by atoms with Crippen molar-refractivity contribution < 1.29 is 4.79 Å². The molecule has 1 aromatic heterocycles. The van der Waals surface area contributed by atoms with Gasteiger partial charge in [0.2, 0.25) is 0 Å². The molecule has 0 spiro atoms. The van der Waals surface area contributed by atoms with E-state index in [1.807, 2.05) is 65.2 Å². The summed E-state index contributed by atoms with van der Waals surface area (Å²) >= 11 is 0. The van der Waals surface area contributed by atoms with Crippen LogP contribution in [0.15, 0.2) is 55.8 Å². The molecule has 1 aromatic carbocycles. The molecule has 0 saturated carbocycles. The van der Waals surface area contributed by atoms with Crippen LogP contribution in [0.2, 0.25) is 0 Å². The van der Waals surface area contributed by atoms with E-state index in [0.29, 0.717) is 0 Å². The second kappa shape index (κ2) is 20.0. The number of nitrogens with zero attached hydrogens (tertiary/aromatic N) is 2. The van der Waals surface area contributed by atoms with Crippen molar-refractivity contribution in [1.82, 2.24) is 9.78 Å². The summed E-state index contributed by atoms with van der Waals surface area (Å²) < 4.78 is 1.76. The maximum Gasteiger partial charge on any atom is 0.147 e. The Morgan fingerprint density at radius 3 is 1.71 bits per heavy atom. The number of aryl methyl sites for hydroxylation is 2. The minimum absolute atomic E-state index is 0.910. The van der Waals surface area contributed by atoms with E-state index in [-0.39, 0.29) is 0 Å². The van der Waals surface area contributed by atoms with Crippen LogP contribution >= 0.6 is 0 Å². The van der Waals surface area contributed by atoms with E-state index < -0.39 is 0 Å². The van der Waals surface area contributed by atoms with Gasteiger partial charge in [0.15, 0.2) is 0 Å². The lowest BCUT2D eigenvalue weighted by atomic mass is 10.2. The summed E-state index contributed by atoms with van der Waals surface area (Å²) in [5.74, 6) is 0.910. The minimum Gasteiger partial charge on any atom is -0.372 e. The normalized spacial score (nSPS) is 7.10. The molecule has 0 saturated heterocycles. The van der Waals surface area contributed by atoms with Gasteiger partial charge >= 0.3 is 0 Å². The summed E-state index contributed by atoms with van der Waals surface area (Å²) in [6.45, 7) is 14.1. The van der Waals surface area contributed by atoms with Crippen LogP contribution in [0.25, 0.3) is 0 Å². The Morgan fingerprint density at radius 2 is 1.52 bits per heavy atom. The van der Waals surface area contributed by atoms with Gasteiger partial charge in [0.1, 0.15) is 12.6 Å². The summed E-state index contributed by atoms with van der Waals surface area (Å²) in [5.41, 5.74) is 1.32. The fourth-order valence-corrected chi connectivity index (χ4v) is 1.08. The molecule has 4 nitrogen and oxygen atoms in total. The molecule has 0 aliphatic carbocycles. The zero-order valence-electron chi connectivity index (χ0n) is 14.0. The summed E-state index contributed by atoms with van der Waals surface area (Å²) in [7, 11) is 3.74. The van der Waals surface area contributed by atoms with E-state index in [1.165, 1.54) is 5.56 Å². The number of benzene rings is 1. The van der Waals surface area contributed by atoms with Crippen LogP contribution in [0, 0.1) is 6.92 Å². The molecule has 0 unspecified atom stereocenters. The highest BCUT2D eigenvalue weighted by molar-refractivity contribution is 5.30. The Balaban J connectivity index is -0.000000229. The average Bonchev–Trinajstić information content (AvgIpc) is 3.00. The highest BCUT2D eigenvalue weighted by atomic mass is 16.1. The van der Waals surface area contributed by atoms with Crippen LogP contribution in [0.4, 0.5) is 5.82 Å². The van der Waals surface area contributed by atoms with Crippen LogP contribution < -0.4 is 5.32 Å². The van der Waals surface area contributed by atoms with Crippen LogP contribution in [-0.2, 0) is 11.8 Å². The summed E-state index contributed by atoms with van der Waals surface area (Å²) in [6.07, 6.45) is 1.89. The van der Waals surface area contributed by atoms with Gasteiger partial charge in [-0.15, -0.1) is 13.2 Å². The second-order valence-corrected chi connectivity index (χ2v) is 3.28. The average molecular weight is 291 g/mol. The van der Waals surface area contributed by atoms with E-state index in [9.17, 15) is 0 Å². The Bertz CT molecular complexity index is 411. The number of rotatable bonds is 1. The maximum absolute atomic E-state index is 8.00. The van der Waals surface area contributed by atoms with E-state index in [1.54, 1.807) is 4.68 Å². The van der Waals surface area contributed by atoms with E-state index in [4.69, 9.17) is 4.79 Å². The van der Waals surface area contributed by atoms with Gasteiger partial charge in [-0.1, -0.05) is 49.7 Å². The van der Waals surface area contributed by atoms with Gasteiger partial charge in [-0.25, -0.2) is 0 Å². The van der Waals surface area contributed by atoms with Crippen molar-refractivity contribution in [2.75, 3.05) is 12.4 Å². The van der Waals surface area contributed by atoms with Crippen molar-refractivity contribution >= 4 is 12.6 Å². The van der Waals surface area contributed by atoms with Crippen molar-refractivity contribution in [3.05, 3.63) is 61.3 Å². The molecule has 0 radical (unpaired) electrons. The summed E-state index contributed by atoms with van der Waals surface area (Å²) in [4.78, 5) is 8.00.